The zero-order valence-electron chi connectivity index (χ0n) is 11.8. The molecule has 0 aromatic rings. The van der Waals surface area contributed by atoms with E-state index in [4.69, 9.17) is 0 Å². The lowest BCUT2D eigenvalue weighted by molar-refractivity contribution is -0.904. The van der Waals surface area contributed by atoms with Crippen LogP contribution in [0.3, 0.4) is 0 Å². The molecule has 0 aromatic heterocycles. The number of amides is 1. The minimum atomic E-state index is -5.50. The Morgan fingerprint density at radius 2 is 1.42 bits per heavy atom. The highest BCUT2D eigenvalue weighted by Crippen LogP contribution is 2.21. The lowest BCUT2D eigenvalue weighted by Crippen LogP contribution is -2.42. The fraction of sp³-hybridized carbons (Fsp3) is 0.900. The van der Waals surface area contributed by atoms with E-state index in [9.17, 15) is 26.4 Å². The summed E-state index contributed by atoms with van der Waals surface area (Å²) in [7, 11) is -3.20. The number of carbonyl (C=O) groups is 1. The number of carbonyl (C=O) groups excluding carboxylic acids is 1. The minimum Gasteiger partial charge on any atom is -0.327 e. The third kappa shape index (κ3) is 8.04. The van der Waals surface area contributed by atoms with Gasteiger partial charge in [0.25, 0.3) is 0 Å². The Morgan fingerprint density at radius 3 is 1.47 bits per heavy atom. The second kappa shape index (κ2) is 7.68. The number of nitrogens with one attached hydrogen (secondary N) is 1. The van der Waals surface area contributed by atoms with Crippen molar-refractivity contribution in [2.75, 3.05) is 26.7 Å². The molecule has 0 aliphatic rings. The predicted molar refractivity (Wildman–Crippen MR) is 66.6 cm³/mol. The first-order valence-electron chi connectivity index (χ1n) is 5.78. The Kier molecular flexibility index (Phi) is 8.29. The van der Waals surface area contributed by atoms with E-state index < -0.39 is 21.4 Å². The van der Waals surface area contributed by atoms with Crippen molar-refractivity contribution in [1.82, 2.24) is 4.72 Å². The van der Waals surface area contributed by atoms with Crippen LogP contribution in [0.15, 0.2) is 0 Å². The summed E-state index contributed by atoms with van der Waals surface area (Å²) >= 11 is 0. The first kappa shape index (κ1) is 20.5. The third-order valence-electron chi connectivity index (χ3n) is 2.87. The molecule has 0 atom stereocenters. The summed E-state index contributed by atoms with van der Waals surface area (Å²) in [5.74, 6) is -1.28. The van der Waals surface area contributed by atoms with Crippen LogP contribution < -0.4 is 4.72 Å². The maximum absolute atomic E-state index is 11.4. The van der Waals surface area contributed by atoms with Crippen molar-refractivity contribution in [2.45, 2.75) is 33.2 Å². The monoisotopic (exact) mass is 307 g/mol. The van der Waals surface area contributed by atoms with E-state index in [1.165, 1.54) is 24.1 Å². The van der Waals surface area contributed by atoms with Gasteiger partial charge in [0.15, 0.2) is 0 Å². The van der Waals surface area contributed by atoms with Crippen molar-refractivity contribution < 1.29 is 30.9 Å². The number of sulfonamides is 1. The number of hydrogen-bond donors (Lipinski definition) is 1. The fourth-order valence-electron chi connectivity index (χ4n) is 0.918. The van der Waals surface area contributed by atoms with Gasteiger partial charge in [-0.05, 0) is 20.8 Å². The summed E-state index contributed by atoms with van der Waals surface area (Å²) in [6.07, 6.45) is 0. The van der Waals surface area contributed by atoms with E-state index in [1.807, 2.05) is 0 Å². The molecule has 0 saturated carbocycles. The topological polar surface area (TPSA) is 63.2 Å². The molecule has 0 unspecified atom stereocenters. The Morgan fingerprint density at radius 1 is 1.11 bits per heavy atom. The standard InChI is InChI=1S/C7H18N.C3H4F3NO3S/c1-5-8(4,6-2)7-3;1-2(8)7-11(9,10)3(4,5)6/h5-7H2,1-4H3;1H3,(H,7,8)/q+1;. The van der Waals surface area contributed by atoms with Crippen molar-refractivity contribution in [3.63, 3.8) is 0 Å². The number of nitrogens with zero attached hydrogens (tertiary/aromatic N) is 1. The van der Waals surface area contributed by atoms with Gasteiger partial charge in [-0.2, -0.15) is 21.6 Å². The van der Waals surface area contributed by atoms with Crippen LogP contribution in [0.25, 0.3) is 0 Å². The molecular weight excluding hydrogens is 285 g/mol. The smallest absolute Gasteiger partial charge is 0.327 e. The molecule has 19 heavy (non-hydrogen) atoms. The van der Waals surface area contributed by atoms with Gasteiger partial charge in [-0.25, -0.2) is 4.72 Å². The average molecular weight is 307 g/mol. The van der Waals surface area contributed by atoms with Gasteiger partial charge in [0, 0.05) is 6.92 Å². The first-order chi connectivity index (χ1) is 8.35. The Hall–Kier alpha value is -0.830. The predicted octanol–water partition coefficient (Wildman–Crippen LogP) is 1.46. The van der Waals surface area contributed by atoms with Gasteiger partial charge in [-0.1, -0.05) is 0 Å². The van der Waals surface area contributed by atoms with Crippen molar-refractivity contribution in [1.29, 1.82) is 0 Å². The van der Waals surface area contributed by atoms with E-state index in [-0.39, 0.29) is 0 Å². The summed E-state index contributed by atoms with van der Waals surface area (Å²) in [4.78, 5) is 9.92. The SMILES string of the molecule is CC(=O)NS(=O)(=O)C(F)(F)F.CC[N+](C)(CC)CC. The van der Waals surface area contributed by atoms with Gasteiger partial charge in [-0.15, -0.1) is 0 Å². The van der Waals surface area contributed by atoms with Crippen LogP contribution in [0.5, 0.6) is 0 Å². The molecule has 0 fully saturated rings. The van der Waals surface area contributed by atoms with Crippen molar-refractivity contribution >= 4 is 15.9 Å². The van der Waals surface area contributed by atoms with Crippen LogP contribution in [0.2, 0.25) is 0 Å². The number of halogens is 3. The van der Waals surface area contributed by atoms with Crippen LogP contribution in [0.1, 0.15) is 27.7 Å². The van der Waals surface area contributed by atoms with Gasteiger partial charge >= 0.3 is 15.5 Å². The molecule has 5 nitrogen and oxygen atoms in total. The number of rotatable bonds is 4. The molecule has 0 saturated heterocycles. The Balaban J connectivity index is 0. The van der Waals surface area contributed by atoms with Gasteiger partial charge in [0.2, 0.25) is 5.91 Å². The zero-order chi connectivity index (χ0) is 15.9. The quantitative estimate of drug-likeness (QED) is 0.800. The zero-order valence-corrected chi connectivity index (χ0v) is 12.7. The highest BCUT2D eigenvalue weighted by Gasteiger charge is 2.46. The van der Waals surface area contributed by atoms with Crippen LogP contribution in [-0.4, -0.2) is 51.0 Å². The second-order valence-electron chi connectivity index (χ2n) is 4.18. The summed E-state index contributed by atoms with van der Waals surface area (Å²) < 4.78 is 56.2. The van der Waals surface area contributed by atoms with Crippen LogP contribution in [-0.2, 0) is 14.8 Å². The van der Waals surface area contributed by atoms with Gasteiger partial charge < -0.3 is 4.48 Å². The molecule has 116 valence electrons. The minimum absolute atomic E-state index is 0.670. The molecule has 1 N–H and O–H groups in total. The van der Waals surface area contributed by atoms with Gasteiger partial charge in [0.05, 0.1) is 26.7 Å². The van der Waals surface area contributed by atoms with E-state index in [0.29, 0.717) is 6.92 Å². The molecule has 0 aromatic carbocycles. The highest BCUT2D eigenvalue weighted by atomic mass is 32.2. The maximum atomic E-state index is 11.4. The second-order valence-corrected chi connectivity index (χ2v) is 5.85. The van der Waals surface area contributed by atoms with Crippen molar-refractivity contribution in [3.8, 4) is 0 Å². The molecule has 0 bridgehead atoms. The van der Waals surface area contributed by atoms with Crippen molar-refractivity contribution in [3.05, 3.63) is 0 Å². The molecule has 0 heterocycles. The molecule has 0 aliphatic heterocycles. The van der Waals surface area contributed by atoms with E-state index in [2.05, 4.69) is 27.8 Å². The van der Waals surface area contributed by atoms with Crippen molar-refractivity contribution in [2.24, 2.45) is 0 Å². The van der Waals surface area contributed by atoms with E-state index >= 15 is 0 Å². The summed E-state index contributed by atoms with van der Waals surface area (Å²) in [6, 6.07) is 0. The third-order valence-corrected chi connectivity index (χ3v) is 4.04. The average Bonchev–Trinajstić information content (AvgIpc) is 2.26. The number of alkyl halides is 3. The maximum Gasteiger partial charge on any atom is 0.516 e. The molecule has 0 radical (unpaired) electrons. The number of quaternary nitrogens is 1. The molecule has 0 spiro atoms. The fourth-order valence-corrected chi connectivity index (χ4v) is 1.41. The number of hydrogen-bond acceptors (Lipinski definition) is 3. The normalized spacial score (nSPS) is 12.4. The van der Waals surface area contributed by atoms with Crippen LogP contribution in [0, 0.1) is 0 Å². The Bertz CT molecular complexity index is 368. The lowest BCUT2D eigenvalue weighted by atomic mass is 10.4. The molecule has 1 amide bonds. The summed E-state index contributed by atoms with van der Waals surface area (Å²) in [5.41, 5.74) is -5.43. The molecule has 0 aliphatic carbocycles. The van der Waals surface area contributed by atoms with E-state index in [1.54, 1.807) is 0 Å². The van der Waals surface area contributed by atoms with Gasteiger partial charge in [0.1, 0.15) is 0 Å². The van der Waals surface area contributed by atoms with Crippen LogP contribution >= 0.6 is 0 Å². The van der Waals surface area contributed by atoms with E-state index in [0.717, 1.165) is 4.72 Å². The summed E-state index contributed by atoms with van der Waals surface area (Å²) in [6.45, 7) is 11.2. The highest BCUT2D eigenvalue weighted by molar-refractivity contribution is 7.90. The molecule has 9 heteroatoms. The molecule has 0 rings (SSSR count). The lowest BCUT2D eigenvalue weighted by Gasteiger charge is -2.30. The van der Waals surface area contributed by atoms with Crippen LogP contribution in [0.4, 0.5) is 13.2 Å². The largest absolute Gasteiger partial charge is 0.516 e. The first-order valence-corrected chi connectivity index (χ1v) is 7.26. The summed E-state index contributed by atoms with van der Waals surface area (Å²) in [5, 5.41) is 0. The Labute approximate surface area is 112 Å². The van der Waals surface area contributed by atoms with Gasteiger partial charge in [-0.3, -0.25) is 4.79 Å². The molecular formula is C10H22F3N2O3S+.